The summed E-state index contributed by atoms with van der Waals surface area (Å²) >= 11 is 4.61. The van der Waals surface area contributed by atoms with E-state index < -0.39 is 0 Å². The highest BCUT2D eigenvalue weighted by molar-refractivity contribution is 9.10. The molecule has 0 aliphatic rings. The lowest BCUT2D eigenvalue weighted by atomic mass is 10.4. The maximum atomic E-state index is 11.7. The van der Waals surface area contributed by atoms with Gasteiger partial charge in [-0.25, -0.2) is 15.4 Å². The van der Waals surface area contributed by atoms with E-state index in [0.717, 1.165) is 21.6 Å². The molecular weight excluding hydrogens is 368 g/mol. The first-order valence-corrected chi connectivity index (χ1v) is 8.25. The second kappa shape index (κ2) is 7.55. The smallest absolute Gasteiger partial charge is 0.250 e. The number of amides is 1. The van der Waals surface area contributed by atoms with Crippen LogP contribution in [0.25, 0.3) is 0 Å². The molecule has 1 N–H and O–H groups in total. The number of furan rings is 1. The van der Waals surface area contributed by atoms with Crippen LogP contribution in [0.5, 0.6) is 0 Å². The molecule has 0 bridgehead atoms. The van der Waals surface area contributed by atoms with Gasteiger partial charge in [-0.05, 0) is 42.8 Å². The highest BCUT2D eigenvalue weighted by Gasteiger charge is 2.06. The third-order valence-electron chi connectivity index (χ3n) is 2.55. The van der Waals surface area contributed by atoms with Crippen LogP contribution in [0.2, 0.25) is 0 Å². The Kier molecular flexibility index (Phi) is 5.73. The van der Waals surface area contributed by atoms with E-state index in [1.165, 1.54) is 18.0 Å². The Balaban J connectivity index is 1.83. The summed E-state index contributed by atoms with van der Waals surface area (Å²) in [5.74, 6) is 1.29. The zero-order valence-corrected chi connectivity index (χ0v) is 14.8. The Bertz CT molecular complexity index is 675. The highest BCUT2D eigenvalue weighted by atomic mass is 79.9. The molecule has 0 spiro atoms. The number of hydrogen-bond acceptors (Lipinski definition) is 6. The summed E-state index contributed by atoms with van der Waals surface area (Å²) in [4.78, 5) is 20.2. The van der Waals surface area contributed by atoms with Crippen molar-refractivity contribution in [1.82, 2.24) is 15.4 Å². The molecule has 0 saturated heterocycles. The minimum Gasteiger partial charge on any atom is -0.459 e. The first-order valence-electron chi connectivity index (χ1n) is 6.47. The van der Waals surface area contributed by atoms with Crippen LogP contribution >= 0.6 is 27.7 Å². The summed E-state index contributed by atoms with van der Waals surface area (Å²) in [6.07, 6.45) is 1.45. The molecule has 0 aliphatic carbocycles. The summed E-state index contributed by atoms with van der Waals surface area (Å²) in [5, 5.41) is 4.44. The van der Waals surface area contributed by atoms with Gasteiger partial charge < -0.3 is 4.42 Å². The Morgan fingerprint density at radius 1 is 1.36 bits per heavy atom. The van der Waals surface area contributed by atoms with E-state index in [9.17, 15) is 4.79 Å². The zero-order valence-electron chi connectivity index (χ0n) is 12.4. The number of aromatic nitrogens is 2. The van der Waals surface area contributed by atoms with Gasteiger partial charge in [-0.1, -0.05) is 11.8 Å². The summed E-state index contributed by atoms with van der Waals surface area (Å²) in [6, 6.07) is 3.67. The van der Waals surface area contributed by atoms with E-state index in [0.29, 0.717) is 10.9 Å². The molecule has 0 fully saturated rings. The average Bonchev–Trinajstić information content (AvgIpc) is 2.74. The van der Waals surface area contributed by atoms with E-state index in [1.807, 2.05) is 26.8 Å². The van der Waals surface area contributed by atoms with Gasteiger partial charge >= 0.3 is 0 Å². The van der Waals surface area contributed by atoms with E-state index in [1.54, 1.807) is 6.07 Å². The Morgan fingerprint density at radius 3 is 2.64 bits per heavy atom. The molecule has 2 aromatic rings. The maximum absolute atomic E-state index is 11.7. The summed E-state index contributed by atoms with van der Waals surface area (Å²) in [5.41, 5.74) is 4.20. The standard InChI is InChI=1S/C14H15BrN4O2S/c1-8-4-9(2)18-14(17-8)22-7-13(20)19-16-6-11-5-12(15)10(3)21-11/h4-6H,7H2,1-3H3,(H,19,20)/b16-6-. The minimum absolute atomic E-state index is 0.196. The van der Waals surface area contributed by atoms with Crippen molar-refractivity contribution in [3.63, 3.8) is 0 Å². The van der Waals surface area contributed by atoms with Crippen LogP contribution in [0.3, 0.4) is 0 Å². The molecule has 0 saturated carbocycles. The van der Waals surface area contributed by atoms with Crippen LogP contribution < -0.4 is 5.43 Å². The molecule has 6 nitrogen and oxygen atoms in total. The first-order chi connectivity index (χ1) is 10.4. The van der Waals surface area contributed by atoms with Gasteiger partial charge in [-0.2, -0.15) is 5.10 Å². The Labute approximate surface area is 140 Å². The number of nitrogens with zero attached hydrogens (tertiary/aromatic N) is 3. The van der Waals surface area contributed by atoms with E-state index in [4.69, 9.17) is 4.42 Å². The predicted octanol–water partition coefficient (Wildman–Crippen LogP) is 3.00. The van der Waals surface area contributed by atoms with Gasteiger partial charge in [0.15, 0.2) is 5.16 Å². The minimum atomic E-state index is -0.230. The third-order valence-corrected chi connectivity index (χ3v) is 4.19. The lowest BCUT2D eigenvalue weighted by Gasteiger charge is -2.02. The fourth-order valence-corrected chi connectivity index (χ4v) is 2.68. The maximum Gasteiger partial charge on any atom is 0.250 e. The van der Waals surface area contributed by atoms with Crippen molar-refractivity contribution in [3.8, 4) is 0 Å². The quantitative estimate of drug-likeness (QED) is 0.372. The largest absolute Gasteiger partial charge is 0.459 e. The molecule has 22 heavy (non-hydrogen) atoms. The number of halogens is 1. The second-order valence-corrected chi connectivity index (χ2v) is 6.36. The molecule has 0 radical (unpaired) electrons. The molecule has 0 aromatic carbocycles. The van der Waals surface area contributed by atoms with Gasteiger partial charge in [0.1, 0.15) is 11.5 Å². The van der Waals surface area contributed by atoms with Crippen LogP contribution in [0, 0.1) is 20.8 Å². The summed E-state index contributed by atoms with van der Waals surface area (Å²) in [6.45, 7) is 5.62. The van der Waals surface area contributed by atoms with Crippen LogP contribution in [-0.4, -0.2) is 27.8 Å². The fourth-order valence-electron chi connectivity index (χ4n) is 1.63. The summed E-state index contributed by atoms with van der Waals surface area (Å²) in [7, 11) is 0. The number of carbonyl (C=O) groups excluding carboxylic acids is 1. The van der Waals surface area contributed by atoms with Gasteiger partial charge in [0, 0.05) is 17.5 Å². The number of thioether (sulfide) groups is 1. The molecule has 8 heteroatoms. The number of aryl methyl sites for hydroxylation is 3. The monoisotopic (exact) mass is 382 g/mol. The van der Waals surface area contributed by atoms with Gasteiger partial charge in [-0.3, -0.25) is 4.79 Å². The van der Waals surface area contributed by atoms with Crippen molar-refractivity contribution in [2.75, 3.05) is 5.75 Å². The summed E-state index contributed by atoms with van der Waals surface area (Å²) < 4.78 is 6.24. The molecular formula is C14H15BrN4O2S. The number of hydrazone groups is 1. The van der Waals surface area contributed by atoms with Crippen LogP contribution in [-0.2, 0) is 4.79 Å². The lowest BCUT2D eigenvalue weighted by Crippen LogP contribution is -2.19. The average molecular weight is 383 g/mol. The molecule has 2 heterocycles. The van der Waals surface area contributed by atoms with Crippen molar-refractivity contribution in [3.05, 3.63) is 39.5 Å². The van der Waals surface area contributed by atoms with Crippen molar-refractivity contribution in [2.24, 2.45) is 5.10 Å². The topological polar surface area (TPSA) is 80.4 Å². The van der Waals surface area contributed by atoms with E-state index in [-0.39, 0.29) is 11.7 Å². The third kappa shape index (κ3) is 4.96. The Hall–Kier alpha value is -1.67. The van der Waals surface area contributed by atoms with Crippen LogP contribution in [0.15, 0.2) is 31.3 Å². The second-order valence-electron chi connectivity index (χ2n) is 4.57. The zero-order chi connectivity index (χ0) is 16.1. The van der Waals surface area contributed by atoms with E-state index in [2.05, 4.69) is 36.4 Å². The molecule has 0 unspecified atom stereocenters. The van der Waals surface area contributed by atoms with Gasteiger partial charge in [0.2, 0.25) is 0 Å². The SMILES string of the molecule is Cc1cc(C)nc(SCC(=O)N/N=C\c2cc(Br)c(C)o2)n1. The lowest BCUT2D eigenvalue weighted by molar-refractivity contribution is -0.118. The molecule has 2 rings (SSSR count). The number of hydrogen-bond donors (Lipinski definition) is 1. The predicted molar refractivity (Wildman–Crippen MR) is 89.1 cm³/mol. The number of rotatable bonds is 5. The van der Waals surface area contributed by atoms with Crippen molar-refractivity contribution in [2.45, 2.75) is 25.9 Å². The number of carbonyl (C=O) groups is 1. The first kappa shape index (κ1) is 16.7. The molecule has 2 aromatic heterocycles. The van der Waals surface area contributed by atoms with E-state index >= 15 is 0 Å². The highest BCUT2D eigenvalue weighted by Crippen LogP contribution is 2.19. The van der Waals surface area contributed by atoms with Gasteiger partial charge in [0.25, 0.3) is 5.91 Å². The van der Waals surface area contributed by atoms with Gasteiger partial charge in [0.05, 0.1) is 16.4 Å². The Morgan fingerprint density at radius 2 is 2.05 bits per heavy atom. The normalized spacial score (nSPS) is 11.1. The van der Waals surface area contributed by atoms with Crippen LogP contribution in [0.4, 0.5) is 0 Å². The van der Waals surface area contributed by atoms with Crippen LogP contribution in [0.1, 0.15) is 22.9 Å². The van der Waals surface area contributed by atoms with Crippen molar-refractivity contribution in [1.29, 1.82) is 0 Å². The molecule has 116 valence electrons. The van der Waals surface area contributed by atoms with Gasteiger partial charge in [-0.15, -0.1) is 0 Å². The van der Waals surface area contributed by atoms with Crippen molar-refractivity contribution >= 4 is 39.8 Å². The molecule has 0 atom stereocenters. The fraction of sp³-hybridized carbons (Fsp3) is 0.286. The molecule has 1 amide bonds. The molecule has 0 aliphatic heterocycles. The van der Waals surface area contributed by atoms with Crippen molar-refractivity contribution < 1.29 is 9.21 Å². The number of nitrogens with one attached hydrogen (secondary N) is 1.